The molecule has 0 saturated heterocycles. The van der Waals surface area contributed by atoms with E-state index < -0.39 is 0 Å². The smallest absolute Gasteiger partial charge is 0.160 e. The summed E-state index contributed by atoms with van der Waals surface area (Å²) in [4.78, 5) is 11.3. The van der Waals surface area contributed by atoms with Gasteiger partial charge < -0.3 is 0 Å². The Balaban J connectivity index is 2.91. The molecule has 0 bridgehead atoms. The number of carbonyl (C=O) groups excluding carboxylic acids is 1. The second-order valence-corrected chi connectivity index (χ2v) is 4.06. The van der Waals surface area contributed by atoms with Crippen molar-refractivity contribution >= 4 is 40.0 Å². The molecule has 1 heterocycles. The van der Waals surface area contributed by atoms with E-state index in [0.29, 0.717) is 9.21 Å². The summed E-state index contributed by atoms with van der Waals surface area (Å²) < 4.78 is 0.688. The number of thiophene rings is 1. The van der Waals surface area contributed by atoms with Gasteiger partial charge in [0, 0.05) is 10.8 Å². The summed E-state index contributed by atoms with van der Waals surface area (Å²) in [6.07, 6.45) is 0.846. The van der Waals surface area contributed by atoms with Crippen LogP contribution in [-0.2, 0) is 0 Å². The molecule has 0 spiro atoms. The standard InChI is InChI=1S/C9H5ClOS/c10-9-7-4-2-1-3-6(7)8(5-11)12-9/h1-5H. The summed E-state index contributed by atoms with van der Waals surface area (Å²) in [5.41, 5.74) is 0. The average Bonchev–Trinajstić information content (AvgIpc) is 2.44. The number of benzene rings is 1. The minimum absolute atomic E-state index is 0.688. The highest BCUT2D eigenvalue weighted by Gasteiger charge is 2.06. The van der Waals surface area contributed by atoms with Crippen molar-refractivity contribution in [2.45, 2.75) is 0 Å². The monoisotopic (exact) mass is 196 g/mol. The molecule has 0 aliphatic heterocycles. The molecule has 0 aliphatic carbocycles. The zero-order chi connectivity index (χ0) is 8.55. The molecule has 0 N–H and O–H groups in total. The first-order chi connectivity index (χ1) is 5.83. The van der Waals surface area contributed by atoms with Gasteiger partial charge in [-0.2, -0.15) is 0 Å². The van der Waals surface area contributed by atoms with Crippen LogP contribution in [0.25, 0.3) is 10.8 Å². The fourth-order valence-electron chi connectivity index (χ4n) is 1.16. The molecular formula is C9H5ClOS. The van der Waals surface area contributed by atoms with E-state index in [9.17, 15) is 4.79 Å². The first kappa shape index (κ1) is 7.77. The molecule has 0 aliphatic rings. The Labute approximate surface area is 78.6 Å². The molecule has 1 aromatic carbocycles. The van der Waals surface area contributed by atoms with E-state index >= 15 is 0 Å². The van der Waals surface area contributed by atoms with Gasteiger partial charge in [-0.15, -0.1) is 11.3 Å². The van der Waals surface area contributed by atoms with Crippen LogP contribution in [0, 0.1) is 0 Å². The third kappa shape index (κ3) is 1.04. The first-order valence-corrected chi connectivity index (χ1v) is 4.64. The summed E-state index contributed by atoms with van der Waals surface area (Å²) in [6, 6.07) is 7.64. The lowest BCUT2D eigenvalue weighted by atomic mass is 10.2. The van der Waals surface area contributed by atoms with Crippen molar-refractivity contribution in [3.05, 3.63) is 33.5 Å². The molecule has 2 aromatic rings. The van der Waals surface area contributed by atoms with Gasteiger partial charge in [0.1, 0.15) is 4.34 Å². The van der Waals surface area contributed by atoms with E-state index in [-0.39, 0.29) is 0 Å². The van der Waals surface area contributed by atoms with Crippen LogP contribution in [0.3, 0.4) is 0 Å². The topological polar surface area (TPSA) is 17.1 Å². The Morgan fingerprint density at radius 1 is 1.25 bits per heavy atom. The van der Waals surface area contributed by atoms with Crippen LogP contribution < -0.4 is 0 Å². The molecular weight excluding hydrogens is 192 g/mol. The summed E-state index contributed by atoms with van der Waals surface area (Å²) in [5, 5.41) is 1.91. The predicted octanol–water partition coefficient (Wildman–Crippen LogP) is 3.37. The van der Waals surface area contributed by atoms with Crippen LogP contribution in [0.15, 0.2) is 24.3 Å². The van der Waals surface area contributed by atoms with E-state index in [0.717, 1.165) is 17.1 Å². The van der Waals surface area contributed by atoms with Gasteiger partial charge in [-0.05, 0) is 0 Å². The fraction of sp³-hybridized carbons (Fsp3) is 0. The number of aldehydes is 1. The summed E-state index contributed by atoms with van der Waals surface area (Å²) in [6.45, 7) is 0. The van der Waals surface area contributed by atoms with E-state index in [1.807, 2.05) is 24.3 Å². The molecule has 0 unspecified atom stereocenters. The molecule has 0 atom stereocenters. The zero-order valence-corrected chi connectivity index (χ0v) is 7.65. The molecule has 1 aromatic heterocycles. The fourth-order valence-corrected chi connectivity index (χ4v) is 2.39. The van der Waals surface area contributed by atoms with Gasteiger partial charge in [0.25, 0.3) is 0 Å². The minimum atomic E-state index is 0.688. The van der Waals surface area contributed by atoms with Crippen LogP contribution in [0.1, 0.15) is 9.67 Å². The Morgan fingerprint density at radius 2 is 1.92 bits per heavy atom. The molecule has 0 radical (unpaired) electrons. The number of rotatable bonds is 1. The van der Waals surface area contributed by atoms with Gasteiger partial charge in [0.05, 0.1) is 4.88 Å². The van der Waals surface area contributed by atoms with E-state index in [4.69, 9.17) is 11.6 Å². The number of carbonyl (C=O) groups is 1. The van der Waals surface area contributed by atoms with E-state index in [1.54, 1.807) is 0 Å². The van der Waals surface area contributed by atoms with Gasteiger partial charge in [0.2, 0.25) is 0 Å². The highest BCUT2D eigenvalue weighted by atomic mass is 35.5. The van der Waals surface area contributed by atoms with Crippen LogP contribution in [0.2, 0.25) is 4.34 Å². The molecule has 0 amide bonds. The SMILES string of the molecule is O=Cc1sc(Cl)c2ccccc12. The predicted molar refractivity (Wildman–Crippen MR) is 52.2 cm³/mol. The number of halogens is 1. The van der Waals surface area contributed by atoms with E-state index in [1.165, 1.54) is 11.3 Å². The Kier molecular flexibility index (Phi) is 1.87. The highest BCUT2D eigenvalue weighted by Crippen LogP contribution is 2.33. The lowest BCUT2D eigenvalue weighted by Crippen LogP contribution is -1.70. The molecule has 0 saturated carbocycles. The van der Waals surface area contributed by atoms with Crippen molar-refractivity contribution in [1.82, 2.24) is 0 Å². The van der Waals surface area contributed by atoms with Crippen molar-refractivity contribution in [3.8, 4) is 0 Å². The minimum Gasteiger partial charge on any atom is -0.297 e. The van der Waals surface area contributed by atoms with Crippen molar-refractivity contribution in [2.24, 2.45) is 0 Å². The average molecular weight is 197 g/mol. The third-order valence-corrected chi connectivity index (χ3v) is 3.08. The third-order valence-electron chi connectivity index (χ3n) is 1.71. The second kappa shape index (κ2) is 2.88. The summed E-state index contributed by atoms with van der Waals surface area (Å²) >= 11 is 7.24. The van der Waals surface area contributed by atoms with Crippen LogP contribution in [0.4, 0.5) is 0 Å². The molecule has 3 heteroatoms. The summed E-state index contributed by atoms with van der Waals surface area (Å²) in [7, 11) is 0. The maximum absolute atomic E-state index is 10.6. The normalized spacial score (nSPS) is 10.4. The lowest BCUT2D eigenvalue weighted by Gasteiger charge is -1.87. The van der Waals surface area contributed by atoms with Gasteiger partial charge >= 0.3 is 0 Å². The van der Waals surface area contributed by atoms with Gasteiger partial charge in [0.15, 0.2) is 6.29 Å². The molecule has 1 nitrogen and oxygen atoms in total. The Hall–Kier alpha value is -0.860. The maximum atomic E-state index is 10.6. The van der Waals surface area contributed by atoms with Crippen LogP contribution in [0.5, 0.6) is 0 Å². The van der Waals surface area contributed by atoms with Crippen LogP contribution >= 0.6 is 22.9 Å². The second-order valence-electron chi connectivity index (χ2n) is 2.40. The van der Waals surface area contributed by atoms with Crippen molar-refractivity contribution in [2.75, 3.05) is 0 Å². The molecule has 12 heavy (non-hydrogen) atoms. The molecule has 60 valence electrons. The maximum Gasteiger partial charge on any atom is 0.160 e. The number of hydrogen-bond acceptors (Lipinski definition) is 2. The highest BCUT2D eigenvalue weighted by molar-refractivity contribution is 7.19. The van der Waals surface area contributed by atoms with Gasteiger partial charge in [-0.3, -0.25) is 4.79 Å². The van der Waals surface area contributed by atoms with Crippen LogP contribution in [-0.4, -0.2) is 6.29 Å². The quantitative estimate of drug-likeness (QED) is 0.640. The van der Waals surface area contributed by atoms with Crippen molar-refractivity contribution in [3.63, 3.8) is 0 Å². The van der Waals surface area contributed by atoms with Gasteiger partial charge in [-0.25, -0.2) is 0 Å². The Bertz CT molecular complexity index is 433. The Morgan fingerprint density at radius 3 is 2.58 bits per heavy atom. The van der Waals surface area contributed by atoms with Crippen molar-refractivity contribution < 1.29 is 4.79 Å². The lowest BCUT2D eigenvalue weighted by molar-refractivity contribution is 0.112. The summed E-state index contributed by atoms with van der Waals surface area (Å²) in [5.74, 6) is 0. The number of hydrogen-bond donors (Lipinski definition) is 0. The van der Waals surface area contributed by atoms with E-state index in [2.05, 4.69) is 0 Å². The van der Waals surface area contributed by atoms with Crippen molar-refractivity contribution in [1.29, 1.82) is 0 Å². The first-order valence-electron chi connectivity index (χ1n) is 3.45. The zero-order valence-electron chi connectivity index (χ0n) is 6.08. The number of fused-ring (bicyclic) bond motifs is 1. The molecule has 0 fully saturated rings. The molecule has 2 rings (SSSR count). The van der Waals surface area contributed by atoms with Gasteiger partial charge in [-0.1, -0.05) is 35.9 Å². The largest absolute Gasteiger partial charge is 0.297 e.